The second kappa shape index (κ2) is 7.60. The molecule has 1 N–H and O–H groups in total. The number of unbranched alkanes of at least 4 members (excludes halogenated alkanes) is 1. The molecule has 0 radical (unpaired) electrons. The van der Waals surface area contributed by atoms with Crippen molar-refractivity contribution in [1.29, 1.82) is 0 Å². The number of benzene rings is 4. The Balaban J connectivity index is 1.57. The van der Waals surface area contributed by atoms with Gasteiger partial charge in [0.15, 0.2) is 0 Å². The molecule has 4 aromatic rings. The highest BCUT2D eigenvalue weighted by Gasteiger charge is 2.40. The lowest BCUT2D eigenvalue weighted by Crippen LogP contribution is -2.60. The van der Waals surface area contributed by atoms with Gasteiger partial charge in [-0.25, -0.2) is 0 Å². The van der Waals surface area contributed by atoms with E-state index in [4.69, 9.17) is 0 Å². The summed E-state index contributed by atoms with van der Waals surface area (Å²) in [6.07, 6.45) is 3.62. The van der Waals surface area contributed by atoms with Crippen LogP contribution in [-0.4, -0.2) is 6.71 Å². The van der Waals surface area contributed by atoms with Gasteiger partial charge in [0.2, 0.25) is 0 Å². The van der Waals surface area contributed by atoms with E-state index in [1.165, 1.54) is 68.8 Å². The van der Waals surface area contributed by atoms with Crippen molar-refractivity contribution in [2.45, 2.75) is 33.1 Å². The molecule has 0 amide bonds. The van der Waals surface area contributed by atoms with Gasteiger partial charge in [-0.15, -0.1) is 0 Å². The summed E-state index contributed by atoms with van der Waals surface area (Å²) in [5, 5.41) is 3.73. The molecule has 0 saturated carbocycles. The SMILES string of the molecule is CCCCc1ccc(N2c3ccccc3B3c4ccccc4Nc4cc(C)cc2c43)cc1. The molecule has 0 saturated heterocycles. The van der Waals surface area contributed by atoms with Crippen LogP contribution < -0.4 is 26.6 Å². The van der Waals surface area contributed by atoms with Crippen molar-refractivity contribution in [3.8, 4) is 0 Å². The number of aryl methyl sites for hydroxylation is 2. The standard InChI is InChI=1S/C29H27BN2/c1-3-4-9-21-14-16-22(17-15-21)32-27-13-8-6-11-24(27)30-23-10-5-7-12-25(23)31-26-18-20(2)19-28(32)29(26)30/h5-8,10-19,31H,3-4,9H2,1-2H3. The van der Waals surface area contributed by atoms with Gasteiger partial charge in [-0.3, -0.25) is 0 Å². The highest BCUT2D eigenvalue weighted by molar-refractivity contribution is 7.00. The van der Waals surface area contributed by atoms with Crippen LogP contribution in [-0.2, 0) is 6.42 Å². The fourth-order valence-corrected chi connectivity index (χ4v) is 5.39. The van der Waals surface area contributed by atoms with Crippen LogP contribution in [0.1, 0.15) is 30.9 Å². The Morgan fingerprint density at radius 2 is 1.53 bits per heavy atom. The van der Waals surface area contributed by atoms with E-state index in [1.54, 1.807) is 0 Å². The molecule has 2 aliphatic heterocycles. The lowest BCUT2D eigenvalue weighted by molar-refractivity contribution is 0.795. The molecule has 3 heteroatoms. The number of hydrogen-bond acceptors (Lipinski definition) is 2. The van der Waals surface area contributed by atoms with Crippen LogP contribution in [0.4, 0.5) is 28.4 Å². The van der Waals surface area contributed by atoms with Crippen LogP contribution >= 0.6 is 0 Å². The van der Waals surface area contributed by atoms with Gasteiger partial charge < -0.3 is 10.2 Å². The average Bonchev–Trinajstić information content (AvgIpc) is 2.82. The number of rotatable bonds is 4. The first-order chi connectivity index (χ1) is 15.7. The summed E-state index contributed by atoms with van der Waals surface area (Å²) in [6.45, 7) is 4.69. The third kappa shape index (κ3) is 2.96. The van der Waals surface area contributed by atoms with E-state index in [2.05, 4.69) is 109 Å². The molecule has 32 heavy (non-hydrogen) atoms. The third-order valence-electron chi connectivity index (χ3n) is 6.88. The summed E-state index contributed by atoms with van der Waals surface area (Å²) in [7, 11) is 0. The van der Waals surface area contributed by atoms with Crippen LogP contribution in [0.2, 0.25) is 0 Å². The van der Waals surface area contributed by atoms with E-state index in [0.29, 0.717) is 0 Å². The third-order valence-corrected chi connectivity index (χ3v) is 6.88. The van der Waals surface area contributed by atoms with E-state index in [1.807, 2.05) is 0 Å². The van der Waals surface area contributed by atoms with Crippen LogP contribution in [0.3, 0.4) is 0 Å². The molecule has 2 heterocycles. The van der Waals surface area contributed by atoms with Crippen molar-refractivity contribution < 1.29 is 0 Å². The van der Waals surface area contributed by atoms with Gasteiger partial charge in [-0.05, 0) is 83.7 Å². The van der Waals surface area contributed by atoms with E-state index in [9.17, 15) is 0 Å². The molecule has 0 bridgehead atoms. The lowest BCUT2D eigenvalue weighted by atomic mass is 9.33. The summed E-state index contributed by atoms with van der Waals surface area (Å²) in [5.41, 5.74) is 13.0. The predicted octanol–water partition coefficient (Wildman–Crippen LogP) is 5.69. The lowest BCUT2D eigenvalue weighted by Gasteiger charge is -2.41. The first kappa shape index (κ1) is 19.2. The summed E-state index contributed by atoms with van der Waals surface area (Å²) in [6, 6.07) is 31.5. The van der Waals surface area contributed by atoms with Crippen LogP contribution in [0.15, 0.2) is 84.9 Å². The largest absolute Gasteiger partial charge is 0.356 e. The maximum Gasteiger partial charge on any atom is 0.252 e. The van der Waals surface area contributed by atoms with Gasteiger partial charge in [0, 0.05) is 28.4 Å². The van der Waals surface area contributed by atoms with Crippen molar-refractivity contribution in [1.82, 2.24) is 0 Å². The van der Waals surface area contributed by atoms with E-state index >= 15 is 0 Å². The zero-order valence-electron chi connectivity index (χ0n) is 18.7. The van der Waals surface area contributed by atoms with Crippen molar-refractivity contribution in [3.63, 3.8) is 0 Å². The zero-order chi connectivity index (χ0) is 21.7. The molecule has 0 aromatic heterocycles. The molecule has 0 aliphatic carbocycles. The number of nitrogens with one attached hydrogen (secondary N) is 1. The molecule has 0 atom stereocenters. The Hall–Kier alpha value is -3.46. The monoisotopic (exact) mass is 414 g/mol. The number of nitrogens with zero attached hydrogens (tertiary/aromatic N) is 1. The molecule has 6 rings (SSSR count). The molecule has 2 aliphatic rings. The number of para-hydroxylation sites is 2. The number of fused-ring (bicyclic) bond motifs is 4. The molecule has 0 unspecified atom stereocenters. The summed E-state index contributed by atoms with van der Waals surface area (Å²) in [5.74, 6) is 0. The summed E-state index contributed by atoms with van der Waals surface area (Å²) < 4.78 is 0. The molecule has 2 nitrogen and oxygen atoms in total. The van der Waals surface area contributed by atoms with Crippen molar-refractivity contribution >= 4 is 51.5 Å². The smallest absolute Gasteiger partial charge is 0.252 e. The maximum atomic E-state index is 3.73. The first-order valence-electron chi connectivity index (χ1n) is 11.7. The minimum atomic E-state index is 0.245. The summed E-state index contributed by atoms with van der Waals surface area (Å²) in [4.78, 5) is 2.46. The zero-order valence-corrected chi connectivity index (χ0v) is 18.7. The molecule has 4 aromatic carbocycles. The molecular formula is C29H27BN2. The van der Waals surface area contributed by atoms with Crippen molar-refractivity contribution in [2.24, 2.45) is 0 Å². The Morgan fingerprint density at radius 3 is 2.34 bits per heavy atom. The summed E-state index contributed by atoms with van der Waals surface area (Å²) >= 11 is 0. The van der Waals surface area contributed by atoms with Crippen LogP contribution in [0.5, 0.6) is 0 Å². The van der Waals surface area contributed by atoms with Crippen LogP contribution in [0.25, 0.3) is 0 Å². The number of anilines is 5. The first-order valence-corrected chi connectivity index (χ1v) is 11.7. The minimum Gasteiger partial charge on any atom is -0.356 e. The molecular weight excluding hydrogens is 387 g/mol. The van der Waals surface area contributed by atoms with Crippen LogP contribution in [0, 0.1) is 6.92 Å². The normalized spacial score (nSPS) is 13.2. The van der Waals surface area contributed by atoms with Gasteiger partial charge in [-0.1, -0.05) is 61.9 Å². The fraction of sp³-hybridized carbons (Fsp3) is 0.172. The van der Waals surface area contributed by atoms with Gasteiger partial charge >= 0.3 is 0 Å². The Bertz CT molecular complexity index is 1310. The van der Waals surface area contributed by atoms with Crippen molar-refractivity contribution in [2.75, 3.05) is 10.2 Å². The Morgan fingerprint density at radius 1 is 0.781 bits per heavy atom. The van der Waals surface area contributed by atoms with Gasteiger partial charge in [0.1, 0.15) is 0 Å². The quantitative estimate of drug-likeness (QED) is 0.373. The molecule has 0 spiro atoms. The fourth-order valence-electron chi connectivity index (χ4n) is 5.39. The van der Waals surface area contributed by atoms with Gasteiger partial charge in [0.05, 0.1) is 0 Å². The van der Waals surface area contributed by atoms with E-state index in [0.717, 1.165) is 6.42 Å². The predicted molar refractivity (Wildman–Crippen MR) is 139 cm³/mol. The highest BCUT2D eigenvalue weighted by Crippen LogP contribution is 2.39. The topological polar surface area (TPSA) is 15.3 Å². The van der Waals surface area contributed by atoms with Crippen molar-refractivity contribution in [3.05, 3.63) is 96.1 Å². The molecule has 0 fully saturated rings. The number of hydrogen-bond donors (Lipinski definition) is 1. The Kier molecular flexibility index (Phi) is 4.57. The second-order valence-electron chi connectivity index (χ2n) is 9.05. The molecule has 156 valence electrons. The average molecular weight is 414 g/mol. The Labute approximate surface area is 191 Å². The van der Waals surface area contributed by atoms with Gasteiger partial charge in [0.25, 0.3) is 6.71 Å². The highest BCUT2D eigenvalue weighted by atomic mass is 15.2. The second-order valence-corrected chi connectivity index (χ2v) is 9.05. The van der Waals surface area contributed by atoms with Gasteiger partial charge in [-0.2, -0.15) is 0 Å². The maximum absolute atomic E-state index is 3.73. The minimum absolute atomic E-state index is 0.245. The van der Waals surface area contributed by atoms with E-state index in [-0.39, 0.29) is 6.71 Å². The van der Waals surface area contributed by atoms with E-state index < -0.39 is 0 Å².